The number of benzene rings is 1. The van der Waals surface area contributed by atoms with E-state index in [1.54, 1.807) is 42.7 Å². The number of hydrogen-bond acceptors (Lipinski definition) is 4. The minimum absolute atomic E-state index is 0.0495. The molecule has 0 saturated heterocycles. The van der Waals surface area contributed by atoms with Crippen molar-refractivity contribution in [3.63, 3.8) is 0 Å². The monoisotopic (exact) mass is 284 g/mol. The Morgan fingerprint density at radius 1 is 1.29 bits per heavy atom. The molecule has 0 fully saturated rings. The number of carbonyl (C=O) groups is 2. The second-order valence-corrected chi connectivity index (χ2v) is 4.55. The van der Waals surface area contributed by atoms with E-state index in [2.05, 4.69) is 10.3 Å². The fourth-order valence-corrected chi connectivity index (χ4v) is 1.95. The molecule has 0 saturated carbocycles. The van der Waals surface area contributed by atoms with Gasteiger partial charge in [-0.05, 0) is 37.3 Å². The summed E-state index contributed by atoms with van der Waals surface area (Å²) < 4.78 is 5.23. The molecule has 1 N–H and O–H groups in total. The summed E-state index contributed by atoms with van der Waals surface area (Å²) in [6.07, 6.45) is 3.33. The Balaban J connectivity index is 2.16. The van der Waals surface area contributed by atoms with Gasteiger partial charge in [0.15, 0.2) is 5.78 Å². The number of nitrogens with one attached hydrogen (secondary N) is 1. The molecule has 0 aliphatic carbocycles. The number of amides is 1. The number of nitrogens with zero attached hydrogens (tertiary/aromatic N) is 1. The molecule has 0 unspecified atom stereocenters. The lowest BCUT2D eigenvalue weighted by Gasteiger charge is -2.10. The zero-order chi connectivity index (χ0) is 15.2. The van der Waals surface area contributed by atoms with Gasteiger partial charge in [-0.1, -0.05) is 0 Å². The third-order valence-corrected chi connectivity index (χ3v) is 2.98. The van der Waals surface area contributed by atoms with Crippen LogP contribution in [0.4, 0.5) is 5.69 Å². The summed E-state index contributed by atoms with van der Waals surface area (Å²) in [6.45, 7) is 1.49. The van der Waals surface area contributed by atoms with Gasteiger partial charge in [-0.2, -0.15) is 0 Å². The topological polar surface area (TPSA) is 68.3 Å². The molecule has 1 heterocycles. The van der Waals surface area contributed by atoms with Crippen LogP contribution in [0.15, 0.2) is 42.7 Å². The highest BCUT2D eigenvalue weighted by molar-refractivity contribution is 5.96. The van der Waals surface area contributed by atoms with Gasteiger partial charge in [0.1, 0.15) is 5.75 Å². The summed E-state index contributed by atoms with van der Waals surface area (Å²) in [7, 11) is 1.53. The van der Waals surface area contributed by atoms with Gasteiger partial charge in [0.25, 0.3) is 0 Å². The third-order valence-electron chi connectivity index (χ3n) is 2.98. The average molecular weight is 284 g/mol. The number of ether oxygens (including phenoxy) is 1. The number of methoxy groups -OCH3 is 1. The minimum atomic E-state index is -0.193. The molecule has 0 bridgehead atoms. The van der Waals surface area contributed by atoms with E-state index >= 15 is 0 Å². The van der Waals surface area contributed by atoms with Crippen LogP contribution in [-0.4, -0.2) is 23.8 Å². The summed E-state index contributed by atoms with van der Waals surface area (Å²) in [5.41, 5.74) is 1.86. The van der Waals surface area contributed by atoms with E-state index in [9.17, 15) is 9.59 Å². The Morgan fingerprint density at radius 2 is 2.10 bits per heavy atom. The summed E-state index contributed by atoms with van der Waals surface area (Å²) in [5, 5.41) is 2.75. The second kappa shape index (κ2) is 6.65. The first-order chi connectivity index (χ1) is 10.1. The molecule has 0 aliphatic rings. The Morgan fingerprint density at radius 3 is 2.71 bits per heavy atom. The molecule has 1 amide bonds. The maximum atomic E-state index is 12.1. The predicted octanol–water partition coefficient (Wildman–Crippen LogP) is 2.47. The fraction of sp³-hybridized carbons (Fsp3) is 0.188. The van der Waals surface area contributed by atoms with Crippen LogP contribution in [-0.2, 0) is 11.2 Å². The van der Waals surface area contributed by atoms with Crippen LogP contribution in [0.3, 0.4) is 0 Å². The molecular formula is C16H16N2O3. The molecule has 108 valence electrons. The van der Waals surface area contributed by atoms with E-state index in [0.29, 0.717) is 22.6 Å². The lowest BCUT2D eigenvalue weighted by atomic mass is 10.0. The van der Waals surface area contributed by atoms with Crippen molar-refractivity contribution in [1.29, 1.82) is 0 Å². The molecule has 1 aromatic heterocycles. The van der Waals surface area contributed by atoms with Gasteiger partial charge in [-0.3, -0.25) is 14.6 Å². The number of pyridine rings is 1. The maximum absolute atomic E-state index is 12.1. The Kier molecular flexibility index (Phi) is 4.66. The molecule has 0 aliphatic heterocycles. The lowest BCUT2D eigenvalue weighted by Crippen LogP contribution is -2.15. The number of rotatable bonds is 5. The van der Waals surface area contributed by atoms with Crippen LogP contribution < -0.4 is 10.1 Å². The van der Waals surface area contributed by atoms with Gasteiger partial charge in [0.05, 0.1) is 25.4 Å². The first-order valence-electron chi connectivity index (χ1n) is 6.48. The smallest absolute Gasteiger partial charge is 0.228 e. The van der Waals surface area contributed by atoms with Crippen LogP contribution in [0, 0.1) is 0 Å². The number of Topliss-reactive ketones (excluding diaryl/α,β-unsaturated/α-hetero) is 1. The van der Waals surface area contributed by atoms with Gasteiger partial charge >= 0.3 is 0 Å². The van der Waals surface area contributed by atoms with Crippen molar-refractivity contribution in [3.05, 3.63) is 53.9 Å². The summed E-state index contributed by atoms with van der Waals surface area (Å²) in [5.74, 6) is 0.343. The number of anilines is 1. The Labute approximate surface area is 123 Å². The van der Waals surface area contributed by atoms with E-state index in [1.165, 1.54) is 14.0 Å². The average Bonchev–Trinajstić information content (AvgIpc) is 2.48. The van der Waals surface area contributed by atoms with E-state index in [1.807, 2.05) is 0 Å². The van der Waals surface area contributed by atoms with Crippen molar-refractivity contribution < 1.29 is 14.3 Å². The van der Waals surface area contributed by atoms with Crippen LogP contribution in [0.1, 0.15) is 22.8 Å². The Hall–Kier alpha value is -2.69. The molecule has 2 rings (SSSR count). The molecule has 0 radical (unpaired) electrons. The number of ketones is 1. The molecular weight excluding hydrogens is 268 g/mol. The Bertz CT molecular complexity index is 654. The zero-order valence-electron chi connectivity index (χ0n) is 11.9. The largest absolute Gasteiger partial charge is 0.496 e. The second-order valence-electron chi connectivity index (χ2n) is 4.55. The molecule has 2 aromatic rings. The number of hydrogen-bond donors (Lipinski definition) is 1. The fourth-order valence-electron chi connectivity index (χ4n) is 1.95. The highest BCUT2D eigenvalue weighted by Crippen LogP contribution is 2.21. The SMILES string of the molecule is COc1ccc(C(C)=O)cc1CC(=O)Nc1cccnc1. The summed E-state index contributed by atoms with van der Waals surface area (Å²) >= 11 is 0. The van der Waals surface area contributed by atoms with Crippen molar-refractivity contribution >= 4 is 17.4 Å². The molecule has 5 heteroatoms. The van der Waals surface area contributed by atoms with Crippen LogP contribution in [0.5, 0.6) is 5.75 Å². The van der Waals surface area contributed by atoms with Gasteiger partial charge < -0.3 is 10.1 Å². The van der Waals surface area contributed by atoms with Gasteiger partial charge in [-0.15, -0.1) is 0 Å². The predicted molar refractivity (Wildman–Crippen MR) is 79.6 cm³/mol. The van der Waals surface area contributed by atoms with Crippen LogP contribution >= 0.6 is 0 Å². The van der Waals surface area contributed by atoms with E-state index in [4.69, 9.17) is 4.74 Å². The summed E-state index contributed by atoms with van der Waals surface area (Å²) in [4.78, 5) is 27.4. The highest BCUT2D eigenvalue weighted by Gasteiger charge is 2.11. The maximum Gasteiger partial charge on any atom is 0.228 e. The molecule has 0 atom stereocenters. The van der Waals surface area contributed by atoms with Crippen molar-refractivity contribution in [1.82, 2.24) is 4.98 Å². The molecule has 1 aromatic carbocycles. The molecule has 0 spiro atoms. The minimum Gasteiger partial charge on any atom is -0.496 e. The van der Waals surface area contributed by atoms with Crippen molar-refractivity contribution in [2.45, 2.75) is 13.3 Å². The van der Waals surface area contributed by atoms with E-state index < -0.39 is 0 Å². The van der Waals surface area contributed by atoms with E-state index in [-0.39, 0.29) is 18.1 Å². The quantitative estimate of drug-likeness (QED) is 0.856. The summed E-state index contributed by atoms with van der Waals surface area (Å²) in [6, 6.07) is 8.57. The standard InChI is InChI=1S/C16H16N2O3/c1-11(19)12-5-6-15(21-2)13(8-12)9-16(20)18-14-4-3-7-17-10-14/h3-8,10H,9H2,1-2H3,(H,18,20). The molecule has 5 nitrogen and oxygen atoms in total. The lowest BCUT2D eigenvalue weighted by molar-refractivity contribution is -0.115. The zero-order valence-corrected chi connectivity index (χ0v) is 11.9. The number of carbonyl (C=O) groups excluding carboxylic acids is 2. The third kappa shape index (κ3) is 3.89. The van der Waals surface area contributed by atoms with E-state index in [0.717, 1.165) is 0 Å². The van der Waals surface area contributed by atoms with Crippen LogP contribution in [0.2, 0.25) is 0 Å². The van der Waals surface area contributed by atoms with Crippen molar-refractivity contribution in [3.8, 4) is 5.75 Å². The van der Waals surface area contributed by atoms with Gasteiger partial charge in [0, 0.05) is 17.3 Å². The molecule has 21 heavy (non-hydrogen) atoms. The normalized spacial score (nSPS) is 10.0. The highest BCUT2D eigenvalue weighted by atomic mass is 16.5. The van der Waals surface area contributed by atoms with Crippen LogP contribution in [0.25, 0.3) is 0 Å². The number of aromatic nitrogens is 1. The first kappa shape index (κ1) is 14.7. The first-order valence-corrected chi connectivity index (χ1v) is 6.48. The van der Waals surface area contributed by atoms with Gasteiger partial charge in [0.2, 0.25) is 5.91 Å². The van der Waals surface area contributed by atoms with Crippen molar-refractivity contribution in [2.75, 3.05) is 12.4 Å². The van der Waals surface area contributed by atoms with Crippen molar-refractivity contribution in [2.24, 2.45) is 0 Å². The van der Waals surface area contributed by atoms with Gasteiger partial charge in [-0.25, -0.2) is 0 Å².